The number of aryl methyl sites for hydroxylation is 1. The standard InChI is InChI=1S/C10H12N6O/c1-11-10(17)8-3-4-9(15-14-8)13-7-5-12-16(2)6-7/h3-6H,1-2H3,(H,11,17)(H,13,15). The van der Waals surface area contributed by atoms with Crippen molar-refractivity contribution in [2.24, 2.45) is 7.05 Å². The average Bonchev–Trinajstić information content (AvgIpc) is 2.75. The molecule has 1 amide bonds. The molecule has 0 radical (unpaired) electrons. The second-order valence-electron chi connectivity index (χ2n) is 3.41. The molecule has 0 aliphatic heterocycles. The van der Waals surface area contributed by atoms with Crippen molar-refractivity contribution in [3.8, 4) is 0 Å². The first-order valence-electron chi connectivity index (χ1n) is 5.00. The van der Waals surface area contributed by atoms with Crippen LogP contribution < -0.4 is 10.6 Å². The predicted molar refractivity (Wildman–Crippen MR) is 61.9 cm³/mol. The molecule has 2 N–H and O–H groups in total. The first-order valence-corrected chi connectivity index (χ1v) is 5.00. The van der Waals surface area contributed by atoms with E-state index in [1.54, 1.807) is 30.1 Å². The van der Waals surface area contributed by atoms with E-state index in [0.29, 0.717) is 5.82 Å². The van der Waals surface area contributed by atoms with Crippen LogP contribution in [-0.4, -0.2) is 32.9 Å². The zero-order valence-corrected chi connectivity index (χ0v) is 9.51. The maximum atomic E-state index is 11.2. The van der Waals surface area contributed by atoms with Gasteiger partial charge in [-0.2, -0.15) is 5.10 Å². The number of carbonyl (C=O) groups excluding carboxylic acids is 1. The van der Waals surface area contributed by atoms with Crippen LogP contribution in [0.3, 0.4) is 0 Å². The number of rotatable bonds is 3. The quantitative estimate of drug-likeness (QED) is 0.795. The summed E-state index contributed by atoms with van der Waals surface area (Å²) in [6.07, 6.45) is 3.49. The minimum atomic E-state index is -0.259. The van der Waals surface area contributed by atoms with Crippen molar-refractivity contribution in [3.63, 3.8) is 0 Å². The predicted octanol–water partition coefficient (Wildman–Crippen LogP) is 0.313. The fourth-order valence-corrected chi connectivity index (χ4v) is 1.28. The smallest absolute Gasteiger partial charge is 0.271 e. The Morgan fingerprint density at radius 2 is 2.18 bits per heavy atom. The normalized spacial score (nSPS) is 10.0. The van der Waals surface area contributed by atoms with Crippen LogP contribution in [0.5, 0.6) is 0 Å². The molecule has 2 rings (SSSR count). The molecule has 17 heavy (non-hydrogen) atoms. The Labute approximate surface area is 97.9 Å². The third-order valence-corrected chi connectivity index (χ3v) is 2.10. The van der Waals surface area contributed by atoms with Gasteiger partial charge in [0, 0.05) is 20.3 Å². The van der Waals surface area contributed by atoms with E-state index in [1.165, 1.54) is 0 Å². The molecule has 0 atom stereocenters. The number of aromatic nitrogens is 4. The van der Waals surface area contributed by atoms with E-state index < -0.39 is 0 Å². The molecule has 7 nitrogen and oxygen atoms in total. The van der Waals surface area contributed by atoms with Crippen LogP contribution in [0.2, 0.25) is 0 Å². The zero-order chi connectivity index (χ0) is 12.3. The lowest BCUT2D eigenvalue weighted by Gasteiger charge is -2.02. The summed E-state index contributed by atoms with van der Waals surface area (Å²) in [7, 11) is 3.37. The van der Waals surface area contributed by atoms with Gasteiger partial charge in [-0.3, -0.25) is 9.48 Å². The molecule has 0 aromatic carbocycles. The van der Waals surface area contributed by atoms with Gasteiger partial charge in [0.2, 0.25) is 0 Å². The third-order valence-electron chi connectivity index (χ3n) is 2.10. The Bertz CT molecular complexity index is 518. The number of hydrogen-bond acceptors (Lipinski definition) is 5. The molecular weight excluding hydrogens is 220 g/mol. The van der Waals surface area contributed by atoms with Gasteiger partial charge in [0.1, 0.15) is 0 Å². The van der Waals surface area contributed by atoms with Crippen molar-refractivity contribution in [3.05, 3.63) is 30.2 Å². The number of nitrogens with zero attached hydrogens (tertiary/aromatic N) is 4. The van der Waals surface area contributed by atoms with Crippen molar-refractivity contribution in [2.75, 3.05) is 12.4 Å². The third kappa shape index (κ3) is 2.57. The Balaban J connectivity index is 2.10. The van der Waals surface area contributed by atoms with Crippen LogP contribution in [0.15, 0.2) is 24.5 Å². The molecule has 88 valence electrons. The maximum absolute atomic E-state index is 11.2. The van der Waals surface area contributed by atoms with Crippen molar-refractivity contribution in [1.82, 2.24) is 25.3 Å². The molecule has 2 aromatic rings. The average molecular weight is 232 g/mol. The van der Waals surface area contributed by atoms with Gasteiger partial charge in [-0.1, -0.05) is 0 Å². The minimum absolute atomic E-state index is 0.259. The molecule has 0 bridgehead atoms. The van der Waals surface area contributed by atoms with Crippen molar-refractivity contribution in [2.45, 2.75) is 0 Å². The molecule has 0 fully saturated rings. The fourth-order valence-electron chi connectivity index (χ4n) is 1.28. The number of nitrogens with one attached hydrogen (secondary N) is 2. The van der Waals surface area contributed by atoms with Crippen molar-refractivity contribution in [1.29, 1.82) is 0 Å². The molecule has 0 unspecified atom stereocenters. The van der Waals surface area contributed by atoms with Gasteiger partial charge in [-0.25, -0.2) is 0 Å². The van der Waals surface area contributed by atoms with E-state index in [1.807, 2.05) is 13.2 Å². The monoisotopic (exact) mass is 232 g/mol. The van der Waals surface area contributed by atoms with E-state index in [0.717, 1.165) is 5.69 Å². The van der Waals surface area contributed by atoms with E-state index in [9.17, 15) is 4.79 Å². The highest BCUT2D eigenvalue weighted by atomic mass is 16.1. The van der Waals surface area contributed by atoms with Crippen LogP contribution in [-0.2, 0) is 7.05 Å². The van der Waals surface area contributed by atoms with Gasteiger partial charge in [0.05, 0.1) is 11.9 Å². The lowest BCUT2D eigenvalue weighted by molar-refractivity contribution is 0.0957. The summed E-state index contributed by atoms with van der Waals surface area (Å²) in [4.78, 5) is 11.2. The van der Waals surface area contributed by atoms with Gasteiger partial charge >= 0.3 is 0 Å². The molecular formula is C10H12N6O. The molecule has 2 heterocycles. The zero-order valence-electron chi connectivity index (χ0n) is 9.51. The highest BCUT2D eigenvalue weighted by molar-refractivity contribution is 5.91. The van der Waals surface area contributed by atoms with Crippen LogP contribution in [0, 0.1) is 0 Å². The first kappa shape index (κ1) is 11.1. The first-order chi connectivity index (χ1) is 8.19. The van der Waals surface area contributed by atoms with Gasteiger partial charge in [-0.15, -0.1) is 10.2 Å². The van der Waals surface area contributed by atoms with E-state index in [-0.39, 0.29) is 11.6 Å². The maximum Gasteiger partial charge on any atom is 0.271 e. The summed E-state index contributed by atoms with van der Waals surface area (Å²) in [5.74, 6) is 0.302. The van der Waals surface area contributed by atoms with Gasteiger partial charge in [0.25, 0.3) is 5.91 Å². The summed E-state index contributed by atoms with van der Waals surface area (Å²) in [6, 6.07) is 3.29. The van der Waals surface area contributed by atoms with Crippen molar-refractivity contribution < 1.29 is 4.79 Å². The summed E-state index contributed by atoms with van der Waals surface area (Å²) >= 11 is 0. The summed E-state index contributed by atoms with van der Waals surface area (Å²) in [6.45, 7) is 0. The second-order valence-corrected chi connectivity index (χ2v) is 3.41. The van der Waals surface area contributed by atoms with E-state index in [2.05, 4.69) is 25.9 Å². The Kier molecular flexibility index (Phi) is 2.99. The Morgan fingerprint density at radius 1 is 1.35 bits per heavy atom. The molecule has 0 aliphatic carbocycles. The Hall–Kier alpha value is -2.44. The highest BCUT2D eigenvalue weighted by Gasteiger charge is 2.05. The number of hydrogen-bond donors (Lipinski definition) is 2. The van der Waals surface area contributed by atoms with Gasteiger partial charge < -0.3 is 10.6 Å². The molecule has 0 saturated heterocycles. The number of anilines is 2. The fraction of sp³-hybridized carbons (Fsp3) is 0.200. The SMILES string of the molecule is CNC(=O)c1ccc(Nc2cnn(C)c2)nn1. The molecule has 7 heteroatoms. The van der Waals surface area contributed by atoms with Crippen LogP contribution >= 0.6 is 0 Å². The molecule has 2 aromatic heterocycles. The second kappa shape index (κ2) is 4.60. The topological polar surface area (TPSA) is 84.7 Å². The number of carbonyl (C=O) groups is 1. The molecule has 0 spiro atoms. The van der Waals surface area contributed by atoms with Crippen LogP contribution in [0.25, 0.3) is 0 Å². The van der Waals surface area contributed by atoms with Crippen LogP contribution in [0.4, 0.5) is 11.5 Å². The molecule has 0 aliphatic rings. The minimum Gasteiger partial charge on any atom is -0.354 e. The largest absolute Gasteiger partial charge is 0.354 e. The van der Waals surface area contributed by atoms with Gasteiger partial charge in [-0.05, 0) is 12.1 Å². The van der Waals surface area contributed by atoms with Crippen LogP contribution in [0.1, 0.15) is 10.5 Å². The summed E-state index contributed by atoms with van der Waals surface area (Å²) < 4.78 is 1.68. The highest BCUT2D eigenvalue weighted by Crippen LogP contribution is 2.11. The lowest BCUT2D eigenvalue weighted by Crippen LogP contribution is -2.19. The summed E-state index contributed by atoms with van der Waals surface area (Å²) in [5, 5.41) is 17.2. The summed E-state index contributed by atoms with van der Waals surface area (Å²) in [5.41, 5.74) is 1.10. The van der Waals surface area contributed by atoms with Crippen molar-refractivity contribution >= 4 is 17.4 Å². The van der Waals surface area contributed by atoms with Gasteiger partial charge in [0.15, 0.2) is 11.5 Å². The molecule has 0 saturated carbocycles. The van der Waals surface area contributed by atoms with E-state index in [4.69, 9.17) is 0 Å². The Morgan fingerprint density at radius 3 is 2.71 bits per heavy atom. The lowest BCUT2D eigenvalue weighted by atomic mass is 10.3. The number of amides is 1. The van der Waals surface area contributed by atoms with E-state index >= 15 is 0 Å².